The van der Waals surface area contributed by atoms with Gasteiger partial charge in [-0.25, -0.2) is 13.9 Å². The Balaban J connectivity index is 2.47. The molecular weight excluding hydrogens is 297 g/mol. The predicted octanol–water partition coefficient (Wildman–Crippen LogP) is 3.10. The Morgan fingerprint density at radius 2 is 2.04 bits per heavy atom. The van der Waals surface area contributed by atoms with Crippen LogP contribution in [0.3, 0.4) is 0 Å². The number of aromatic nitrogens is 2. The van der Waals surface area contributed by atoms with E-state index in [4.69, 9.17) is 10.00 Å². The number of rotatable bonds is 4. The number of esters is 1. The zero-order valence-electron chi connectivity index (χ0n) is 13.1. The Labute approximate surface area is 133 Å². The minimum atomic E-state index is -0.664. The number of hydrogen-bond donors (Lipinski definition) is 0. The first kappa shape index (κ1) is 16.4. The highest BCUT2D eigenvalue weighted by Crippen LogP contribution is 2.21. The second-order valence-corrected chi connectivity index (χ2v) is 4.86. The van der Waals surface area contributed by atoms with Gasteiger partial charge in [0.1, 0.15) is 17.5 Å². The summed E-state index contributed by atoms with van der Waals surface area (Å²) in [7, 11) is 0. The lowest BCUT2D eigenvalue weighted by Crippen LogP contribution is -2.06. The fourth-order valence-corrected chi connectivity index (χ4v) is 2.19. The van der Waals surface area contributed by atoms with Gasteiger partial charge in [0.2, 0.25) is 0 Å². The summed E-state index contributed by atoms with van der Waals surface area (Å²) in [5.41, 5.74) is 2.67. The summed E-state index contributed by atoms with van der Waals surface area (Å²) >= 11 is 0. The number of halogens is 1. The topological polar surface area (TPSA) is 67.9 Å². The van der Waals surface area contributed by atoms with Crippen LogP contribution in [0.25, 0.3) is 11.8 Å². The standard InChI is InChI=1S/C17H16FN3O2/c1-4-23-17(22)13(10-19)9-16-11(2)20-21(12(16)3)15-7-5-14(18)6-8-15/h5-9H,4H2,1-3H3/b13-9+. The molecule has 0 saturated heterocycles. The van der Waals surface area contributed by atoms with Gasteiger partial charge in [-0.3, -0.25) is 0 Å². The summed E-state index contributed by atoms with van der Waals surface area (Å²) < 4.78 is 19.5. The fourth-order valence-electron chi connectivity index (χ4n) is 2.19. The van der Waals surface area contributed by atoms with Gasteiger partial charge in [-0.15, -0.1) is 0 Å². The Hall–Kier alpha value is -2.94. The minimum Gasteiger partial charge on any atom is -0.462 e. The third-order valence-electron chi connectivity index (χ3n) is 3.32. The molecule has 0 bridgehead atoms. The van der Waals surface area contributed by atoms with Crippen LogP contribution < -0.4 is 0 Å². The summed E-state index contributed by atoms with van der Waals surface area (Å²) in [6.45, 7) is 5.47. The highest BCUT2D eigenvalue weighted by Gasteiger charge is 2.15. The first-order valence-corrected chi connectivity index (χ1v) is 7.09. The molecular formula is C17H16FN3O2. The zero-order chi connectivity index (χ0) is 17.0. The lowest BCUT2D eigenvalue weighted by atomic mass is 10.1. The fraction of sp³-hybridized carbons (Fsp3) is 0.235. The summed E-state index contributed by atoms with van der Waals surface area (Å²) in [5, 5.41) is 13.5. The van der Waals surface area contributed by atoms with Gasteiger partial charge >= 0.3 is 5.97 Å². The van der Waals surface area contributed by atoms with Crippen LogP contribution >= 0.6 is 0 Å². The smallest absolute Gasteiger partial charge is 0.348 e. The third kappa shape index (κ3) is 3.46. The van der Waals surface area contributed by atoms with E-state index < -0.39 is 5.97 Å². The molecule has 0 saturated carbocycles. The van der Waals surface area contributed by atoms with Crippen molar-refractivity contribution < 1.29 is 13.9 Å². The molecule has 1 aromatic carbocycles. The first-order valence-electron chi connectivity index (χ1n) is 7.09. The van der Waals surface area contributed by atoms with Gasteiger partial charge in [-0.05, 0) is 51.1 Å². The van der Waals surface area contributed by atoms with E-state index in [2.05, 4.69) is 5.10 Å². The summed E-state index contributed by atoms with van der Waals surface area (Å²) in [6.07, 6.45) is 1.47. The minimum absolute atomic E-state index is 0.0864. The maximum Gasteiger partial charge on any atom is 0.348 e. The van der Waals surface area contributed by atoms with E-state index in [1.54, 1.807) is 30.7 Å². The molecule has 0 N–H and O–H groups in total. The molecule has 6 heteroatoms. The van der Waals surface area contributed by atoms with E-state index in [1.807, 2.05) is 13.0 Å². The molecule has 1 aromatic heterocycles. The van der Waals surface area contributed by atoms with E-state index in [0.717, 1.165) is 5.69 Å². The van der Waals surface area contributed by atoms with E-state index >= 15 is 0 Å². The van der Waals surface area contributed by atoms with Gasteiger partial charge in [0.15, 0.2) is 0 Å². The van der Waals surface area contributed by atoms with Crippen LogP contribution in [0.1, 0.15) is 23.9 Å². The van der Waals surface area contributed by atoms with Crippen molar-refractivity contribution in [1.82, 2.24) is 9.78 Å². The Kier molecular flexibility index (Phi) is 4.91. The van der Waals surface area contributed by atoms with Gasteiger partial charge in [0.05, 0.1) is 18.0 Å². The molecule has 0 fully saturated rings. The number of aryl methyl sites for hydroxylation is 1. The van der Waals surface area contributed by atoms with E-state index in [0.29, 0.717) is 16.9 Å². The lowest BCUT2D eigenvalue weighted by molar-refractivity contribution is -0.137. The van der Waals surface area contributed by atoms with Crippen LogP contribution in [0.4, 0.5) is 4.39 Å². The maximum atomic E-state index is 13.0. The van der Waals surface area contributed by atoms with Crippen molar-refractivity contribution in [3.63, 3.8) is 0 Å². The van der Waals surface area contributed by atoms with E-state index in [1.165, 1.54) is 18.2 Å². The maximum absolute atomic E-state index is 13.0. The van der Waals surface area contributed by atoms with Crippen LogP contribution in [0.15, 0.2) is 29.8 Å². The van der Waals surface area contributed by atoms with E-state index in [-0.39, 0.29) is 18.0 Å². The van der Waals surface area contributed by atoms with Gasteiger partial charge < -0.3 is 4.74 Å². The van der Waals surface area contributed by atoms with E-state index in [9.17, 15) is 9.18 Å². The molecule has 5 nitrogen and oxygen atoms in total. The number of nitriles is 1. The molecule has 0 aliphatic carbocycles. The van der Waals surface area contributed by atoms with Gasteiger partial charge in [-0.1, -0.05) is 0 Å². The first-order chi connectivity index (χ1) is 11.0. The third-order valence-corrected chi connectivity index (χ3v) is 3.32. The monoisotopic (exact) mass is 313 g/mol. The molecule has 0 spiro atoms. The normalized spacial score (nSPS) is 11.2. The Bertz CT molecular complexity index is 798. The second-order valence-electron chi connectivity index (χ2n) is 4.86. The molecule has 2 rings (SSSR count). The summed E-state index contributed by atoms with van der Waals surface area (Å²) in [6, 6.07) is 7.76. The zero-order valence-corrected chi connectivity index (χ0v) is 13.1. The SMILES string of the molecule is CCOC(=O)/C(C#N)=C/c1c(C)nn(-c2ccc(F)cc2)c1C. The highest BCUT2D eigenvalue weighted by molar-refractivity contribution is 5.98. The van der Waals surface area contributed by atoms with Crippen molar-refractivity contribution >= 4 is 12.0 Å². The van der Waals surface area contributed by atoms with Crippen molar-refractivity contribution in [1.29, 1.82) is 5.26 Å². The molecule has 23 heavy (non-hydrogen) atoms. The van der Waals surface area contributed by atoms with Gasteiger partial charge in [0, 0.05) is 11.3 Å². The Morgan fingerprint density at radius 3 is 2.61 bits per heavy atom. The lowest BCUT2D eigenvalue weighted by Gasteiger charge is -2.04. The van der Waals surface area contributed by atoms with Crippen LogP contribution in [-0.2, 0) is 9.53 Å². The predicted molar refractivity (Wildman–Crippen MR) is 83.2 cm³/mol. The molecule has 0 unspecified atom stereocenters. The number of carbonyl (C=O) groups excluding carboxylic acids is 1. The molecule has 0 aliphatic heterocycles. The second kappa shape index (κ2) is 6.88. The van der Waals surface area contributed by atoms with Crippen LogP contribution in [0.2, 0.25) is 0 Å². The van der Waals surface area contributed by atoms with Crippen molar-refractivity contribution in [3.05, 3.63) is 52.6 Å². The van der Waals surface area contributed by atoms with Crippen LogP contribution in [0.5, 0.6) is 0 Å². The summed E-state index contributed by atoms with van der Waals surface area (Å²) in [4.78, 5) is 11.7. The van der Waals surface area contributed by atoms with Crippen molar-refractivity contribution in [2.75, 3.05) is 6.61 Å². The van der Waals surface area contributed by atoms with Gasteiger partial charge in [-0.2, -0.15) is 10.4 Å². The molecule has 0 radical (unpaired) electrons. The quantitative estimate of drug-likeness (QED) is 0.494. The highest BCUT2D eigenvalue weighted by atomic mass is 19.1. The van der Waals surface area contributed by atoms with Crippen molar-refractivity contribution in [2.24, 2.45) is 0 Å². The molecule has 2 aromatic rings. The van der Waals surface area contributed by atoms with Crippen LogP contribution in [-0.4, -0.2) is 22.4 Å². The van der Waals surface area contributed by atoms with Crippen molar-refractivity contribution in [2.45, 2.75) is 20.8 Å². The van der Waals surface area contributed by atoms with Crippen LogP contribution in [0, 0.1) is 31.0 Å². The molecule has 0 amide bonds. The number of carbonyl (C=O) groups is 1. The number of nitrogens with zero attached hydrogens (tertiary/aromatic N) is 3. The number of benzene rings is 1. The van der Waals surface area contributed by atoms with Gasteiger partial charge in [0.25, 0.3) is 0 Å². The summed E-state index contributed by atoms with van der Waals surface area (Å²) in [5.74, 6) is -0.993. The average molecular weight is 313 g/mol. The largest absolute Gasteiger partial charge is 0.462 e. The average Bonchev–Trinajstić information content (AvgIpc) is 2.81. The molecule has 1 heterocycles. The number of ether oxygens (including phenoxy) is 1. The molecule has 0 aliphatic rings. The Morgan fingerprint density at radius 1 is 1.39 bits per heavy atom. The molecule has 118 valence electrons. The molecule has 0 atom stereocenters. The van der Waals surface area contributed by atoms with Crippen molar-refractivity contribution in [3.8, 4) is 11.8 Å². The number of hydrogen-bond acceptors (Lipinski definition) is 4.